The van der Waals surface area contributed by atoms with E-state index in [1.165, 1.54) is 11.3 Å². The molecule has 5 heteroatoms. The van der Waals surface area contributed by atoms with Gasteiger partial charge in [0.25, 0.3) is 0 Å². The lowest BCUT2D eigenvalue weighted by atomic mass is 9.90. The predicted molar refractivity (Wildman–Crippen MR) is 46.6 cm³/mol. The number of rotatable bonds is 1. The summed E-state index contributed by atoms with van der Waals surface area (Å²) in [5.74, 6) is 0. The van der Waals surface area contributed by atoms with Crippen LogP contribution in [0.1, 0.15) is 4.88 Å². The normalized spacial score (nSPS) is 10.0. The molecule has 0 atom stereocenters. The van der Waals surface area contributed by atoms with E-state index in [0.29, 0.717) is 4.78 Å². The van der Waals surface area contributed by atoms with E-state index in [1.807, 2.05) is 13.0 Å². The monoisotopic (exact) mass is 220 g/mol. The van der Waals surface area contributed by atoms with E-state index in [1.54, 1.807) is 0 Å². The van der Waals surface area contributed by atoms with Crippen LogP contribution < -0.4 is 4.78 Å². The molecule has 0 saturated heterocycles. The number of hydrogen-bond donors (Lipinski definition) is 2. The van der Waals surface area contributed by atoms with Crippen LogP contribution in [0, 0.1) is 6.92 Å². The molecule has 0 aliphatic rings. The second-order valence-electron chi connectivity index (χ2n) is 1.94. The molecule has 0 amide bonds. The first-order valence-corrected chi connectivity index (χ1v) is 4.34. The van der Waals surface area contributed by atoms with Gasteiger partial charge >= 0.3 is 7.12 Å². The minimum atomic E-state index is -1.35. The fraction of sp³-hybridized carbons (Fsp3) is 0.200. The molecule has 0 bridgehead atoms. The first kappa shape index (κ1) is 8.26. The lowest BCUT2D eigenvalue weighted by molar-refractivity contribution is 0.426. The summed E-state index contributed by atoms with van der Waals surface area (Å²) in [7, 11) is -1.35. The van der Waals surface area contributed by atoms with Gasteiger partial charge in [-0.15, -0.1) is 11.3 Å². The van der Waals surface area contributed by atoms with Gasteiger partial charge in [0.15, 0.2) is 0 Å². The second kappa shape index (κ2) is 3.05. The summed E-state index contributed by atoms with van der Waals surface area (Å²) in [5, 5.41) is 17.5. The van der Waals surface area contributed by atoms with Crippen LogP contribution in [0.5, 0.6) is 0 Å². The van der Waals surface area contributed by atoms with Crippen molar-refractivity contribution in [3.63, 3.8) is 0 Å². The maximum Gasteiger partial charge on any atom is 0.500 e. The Labute approximate surface area is 71.8 Å². The lowest BCUT2D eigenvalue weighted by Gasteiger charge is -1.91. The molecule has 0 aromatic carbocycles. The Kier molecular flexibility index (Phi) is 2.52. The standard InChI is InChI=1S/C5H6BBrO2S/c1-3-2-4(7)5(10-3)6(8)9/h2,8-9H,1H3. The highest BCUT2D eigenvalue weighted by atomic mass is 79.9. The molecule has 1 rings (SSSR count). The molecule has 10 heavy (non-hydrogen) atoms. The van der Waals surface area contributed by atoms with Crippen LogP contribution in [0.2, 0.25) is 0 Å². The third kappa shape index (κ3) is 1.60. The molecule has 0 saturated carbocycles. The van der Waals surface area contributed by atoms with Gasteiger partial charge in [0.05, 0.1) is 0 Å². The van der Waals surface area contributed by atoms with Gasteiger partial charge in [-0.1, -0.05) is 15.9 Å². The van der Waals surface area contributed by atoms with Gasteiger partial charge in [-0.05, 0) is 13.0 Å². The van der Waals surface area contributed by atoms with Crippen molar-refractivity contribution in [2.75, 3.05) is 0 Å². The first-order chi connectivity index (χ1) is 4.61. The summed E-state index contributed by atoms with van der Waals surface area (Å²) in [6.45, 7) is 1.92. The van der Waals surface area contributed by atoms with Crippen molar-refractivity contribution in [1.82, 2.24) is 0 Å². The zero-order valence-electron chi connectivity index (χ0n) is 5.34. The van der Waals surface area contributed by atoms with E-state index < -0.39 is 7.12 Å². The van der Waals surface area contributed by atoms with Crippen LogP contribution >= 0.6 is 27.3 Å². The van der Waals surface area contributed by atoms with Crippen LogP contribution in [0.15, 0.2) is 10.5 Å². The summed E-state index contributed by atoms with van der Waals surface area (Å²) in [5.41, 5.74) is 0. The third-order valence-electron chi connectivity index (χ3n) is 1.07. The molecule has 0 unspecified atom stereocenters. The number of thiophene rings is 1. The molecular formula is C5H6BBrO2S. The van der Waals surface area contributed by atoms with Gasteiger partial charge < -0.3 is 10.0 Å². The summed E-state index contributed by atoms with van der Waals surface area (Å²) >= 11 is 4.58. The maximum absolute atomic E-state index is 8.75. The summed E-state index contributed by atoms with van der Waals surface area (Å²) in [6, 6.07) is 1.86. The van der Waals surface area contributed by atoms with E-state index in [0.717, 1.165) is 9.35 Å². The highest BCUT2D eigenvalue weighted by molar-refractivity contribution is 9.10. The Hall–Kier alpha value is 0.165. The Balaban J connectivity index is 3.03. The van der Waals surface area contributed by atoms with Gasteiger partial charge in [-0.25, -0.2) is 0 Å². The largest absolute Gasteiger partial charge is 0.500 e. The Morgan fingerprint density at radius 2 is 2.20 bits per heavy atom. The molecule has 0 radical (unpaired) electrons. The molecule has 0 spiro atoms. The van der Waals surface area contributed by atoms with Crippen LogP contribution in [0.4, 0.5) is 0 Å². The average Bonchev–Trinajstić information content (AvgIpc) is 2.10. The molecule has 2 N–H and O–H groups in total. The lowest BCUT2D eigenvalue weighted by Crippen LogP contribution is -2.27. The fourth-order valence-electron chi connectivity index (χ4n) is 0.677. The molecule has 1 heterocycles. The van der Waals surface area contributed by atoms with Crippen molar-refractivity contribution in [3.05, 3.63) is 15.4 Å². The van der Waals surface area contributed by atoms with Crippen molar-refractivity contribution in [1.29, 1.82) is 0 Å². The number of hydrogen-bond acceptors (Lipinski definition) is 3. The van der Waals surface area contributed by atoms with Crippen LogP contribution in [-0.4, -0.2) is 17.2 Å². The van der Waals surface area contributed by atoms with E-state index >= 15 is 0 Å². The smallest absolute Gasteiger partial charge is 0.423 e. The van der Waals surface area contributed by atoms with Crippen LogP contribution in [0.25, 0.3) is 0 Å². The second-order valence-corrected chi connectivity index (χ2v) is 4.09. The van der Waals surface area contributed by atoms with Crippen molar-refractivity contribution in [2.24, 2.45) is 0 Å². The highest BCUT2D eigenvalue weighted by Gasteiger charge is 2.17. The molecule has 2 nitrogen and oxygen atoms in total. The maximum atomic E-state index is 8.75. The van der Waals surface area contributed by atoms with E-state index in [2.05, 4.69) is 15.9 Å². The van der Waals surface area contributed by atoms with Crippen LogP contribution in [-0.2, 0) is 0 Å². The summed E-state index contributed by atoms with van der Waals surface area (Å²) in [6.07, 6.45) is 0. The summed E-state index contributed by atoms with van der Waals surface area (Å²) < 4.78 is 1.34. The SMILES string of the molecule is Cc1cc(Br)c(B(O)O)s1. The van der Waals surface area contributed by atoms with Crippen molar-refractivity contribution in [3.8, 4) is 0 Å². The summed E-state index contributed by atoms with van der Waals surface area (Å²) in [4.78, 5) is 1.06. The molecule has 54 valence electrons. The predicted octanol–water partition coefficient (Wildman–Crippen LogP) is 0.499. The van der Waals surface area contributed by atoms with Crippen molar-refractivity contribution >= 4 is 39.2 Å². The minimum Gasteiger partial charge on any atom is -0.423 e. The molecular weight excluding hydrogens is 215 g/mol. The van der Waals surface area contributed by atoms with Crippen molar-refractivity contribution < 1.29 is 10.0 Å². The Morgan fingerprint density at radius 3 is 2.40 bits per heavy atom. The Morgan fingerprint density at radius 1 is 1.60 bits per heavy atom. The zero-order valence-corrected chi connectivity index (χ0v) is 7.74. The first-order valence-electron chi connectivity index (χ1n) is 2.73. The van der Waals surface area contributed by atoms with Crippen LogP contribution in [0.3, 0.4) is 0 Å². The highest BCUT2D eigenvalue weighted by Crippen LogP contribution is 2.16. The van der Waals surface area contributed by atoms with Gasteiger partial charge in [-0.2, -0.15) is 0 Å². The quantitative estimate of drug-likeness (QED) is 0.677. The molecule has 0 aliphatic heterocycles. The fourth-order valence-corrected chi connectivity index (χ4v) is 2.41. The topological polar surface area (TPSA) is 40.5 Å². The van der Waals surface area contributed by atoms with Gasteiger partial charge in [0, 0.05) is 14.1 Å². The van der Waals surface area contributed by atoms with E-state index in [9.17, 15) is 0 Å². The van der Waals surface area contributed by atoms with Crippen molar-refractivity contribution in [2.45, 2.75) is 6.92 Å². The van der Waals surface area contributed by atoms with Gasteiger partial charge in [0.2, 0.25) is 0 Å². The third-order valence-corrected chi connectivity index (χ3v) is 3.08. The van der Waals surface area contributed by atoms with E-state index in [-0.39, 0.29) is 0 Å². The average molecular weight is 221 g/mol. The van der Waals surface area contributed by atoms with Gasteiger partial charge in [0.1, 0.15) is 0 Å². The molecule has 1 aromatic heterocycles. The molecule has 0 aliphatic carbocycles. The molecule has 1 aromatic rings. The zero-order chi connectivity index (χ0) is 7.72. The minimum absolute atomic E-state index is 0.567. The number of aryl methyl sites for hydroxylation is 1. The van der Waals surface area contributed by atoms with Gasteiger partial charge in [-0.3, -0.25) is 0 Å². The van der Waals surface area contributed by atoms with E-state index in [4.69, 9.17) is 10.0 Å². The Bertz CT molecular complexity index is 236. The number of halogens is 1. The molecule has 0 fully saturated rings.